The van der Waals surface area contributed by atoms with Crippen LogP contribution in [0.2, 0.25) is 0 Å². The molecule has 6 heteroatoms. The van der Waals surface area contributed by atoms with Crippen molar-refractivity contribution in [2.45, 2.75) is 26.2 Å². The number of aromatic nitrogens is 1. The van der Waals surface area contributed by atoms with E-state index in [0.717, 1.165) is 43.9 Å². The van der Waals surface area contributed by atoms with Crippen molar-refractivity contribution in [3.05, 3.63) is 48.2 Å². The number of para-hydroxylation sites is 1. The van der Waals surface area contributed by atoms with E-state index >= 15 is 0 Å². The van der Waals surface area contributed by atoms with Crippen LogP contribution in [0, 0.1) is 0 Å². The Morgan fingerprint density at radius 3 is 2.76 bits per heavy atom. The molecule has 134 valence electrons. The number of hydrogen-bond acceptors (Lipinski definition) is 4. The molecule has 0 aliphatic heterocycles. The van der Waals surface area contributed by atoms with E-state index in [0.29, 0.717) is 11.0 Å². The number of thiocarbonyl (C=S) groups is 1. The van der Waals surface area contributed by atoms with Gasteiger partial charge in [0.15, 0.2) is 5.11 Å². The summed E-state index contributed by atoms with van der Waals surface area (Å²) in [6.07, 6.45) is 4.61. The Hall–Kier alpha value is -2.34. The molecule has 0 spiro atoms. The summed E-state index contributed by atoms with van der Waals surface area (Å²) in [5.41, 5.74) is 2.06. The molecule has 0 atom stereocenters. The third-order valence-corrected chi connectivity index (χ3v) is 3.79. The van der Waals surface area contributed by atoms with Crippen molar-refractivity contribution in [3.8, 4) is 11.6 Å². The van der Waals surface area contributed by atoms with E-state index in [9.17, 15) is 0 Å². The van der Waals surface area contributed by atoms with Gasteiger partial charge < -0.3 is 20.1 Å². The van der Waals surface area contributed by atoms with Gasteiger partial charge in [-0.05, 0) is 49.2 Å². The first kappa shape index (κ1) is 19.0. The quantitative estimate of drug-likeness (QED) is 0.525. The zero-order valence-corrected chi connectivity index (χ0v) is 15.6. The summed E-state index contributed by atoms with van der Waals surface area (Å²) < 4.78 is 10.8. The molecular weight excluding hydrogens is 334 g/mol. The van der Waals surface area contributed by atoms with E-state index < -0.39 is 0 Å². The first-order chi connectivity index (χ1) is 12.2. The average Bonchev–Trinajstić information content (AvgIpc) is 2.65. The maximum absolute atomic E-state index is 5.79. The lowest BCUT2D eigenvalue weighted by Gasteiger charge is -2.12. The van der Waals surface area contributed by atoms with Crippen LogP contribution < -0.4 is 20.1 Å². The molecule has 2 rings (SSSR count). The van der Waals surface area contributed by atoms with E-state index in [2.05, 4.69) is 28.6 Å². The van der Waals surface area contributed by atoms with E-state index in [1.165, 1.54) is 5.56 Å². The number of nitrogens with zero attached hydrogens (tertiary/aromatic N) is 1. The largest absolute Gasteiger partial charge is 0.493 e. The molecule has 0 aliphatic carbocycles. The van der Waals surface area contributed by atoms with E-state index in [1.807, 2.05) is 24.3 Å². The fourth-order valence-corrected chi connectivity index (χ4v) is 2.51. The minimum atomic E-state index is 0.577. The SMILES string of the molecule is CCCOc1ccccc1CCCNC(=S)Nc1ccc(OC)nc1. The van der Waals surface area contributed by atoms with Gasteiger partial charge in [0, 0.05) is 12.6 Å². The van der Waals surface area contributed by atoms with Gasteiger partial charge in [-0.2, -0.15) is 0 Å². The predicted molar refractivity (Wildman–Crippen MR) is 106 cm³/mol. The van der Waals surface area contributed by atoms with Crippen LogP contribution in [0.3, 0.4) is 0 Å². The highest BCUT2D eigenvalue weighted by Crippen LogP contribution is 2.19. The van der Waals surface area contributed by atoms with E-state index in [4.69, 9.17) is 21.7 Å². The lowest BCUT2D eigenvalue weighted by molar-refractivity contribution is 0.314. The van der Waals surface area contributed by atoms with Gasteiger partial charge in [0.1, 0.15) is 5.75 Å². The Morgan fingerprint density at radius 1 is 1.20 bits per heavy atom. The molecule has 0 amide bonds. The first-order valence-electron chi connectivity index (χ1n) is 8.48. The number of aryl methyl sites for hydroxylation is 1. The smallest absolute Gasteiger partial charge is 0.213 e. The Balaban J connectivity index is 1.72. The van der Waals surface area contributed by atoms with Crippen LogP contribution in [-0.2, 0) is 6.42 Å². The van der Waals surface area contributed by atoms with Crippen LogP contribution in [0.1, 0.15) is 25.3 Å². The minimum absolute atomic E-state index is 0.577. The summed E-state index contributed by atoms with van der Waals surface area (Å²) in [6.45, 7) is 3.65. The predicted octanol–water partition coefficient (Wildman–Crippen LogP) is 3.80. The van der Waals surface area contributed by atoms with Crippen LogP contribution in [0.25, 0.3) is 0 Å². The summed E-state index contributed by atoms with van der Waals surface area (Å²) in [5.74, 6) is 1.56. The van der Waals surface area contributed by atoms with Gasteiger partial charge in [0.2, 0.25) is 5.88 Å². The molecule has 5 nitrogen and oxygen atoms in total. The zero-order valence-electron chi connectivity index (χ0n) is 14.7. The van der Waals surface area contributed by atoms with Crippen molar-refractivity contribution in [2.24, 2.45) is 0 Å². The highest BCUT2D eigenvalue weighted by Gasteiger charge is 2.03. The lowest BCUT2D eigenvalue weighted by atomic mass is 10.1. The maximum atomic E-state index is 5.79. The number of ether oxygens (including phenoxy) is 2. The van der Waals surface area contributed by atoms with Crippen molar-refractivity contribution < 1.29 is 9.47 Å². The lowest BCUT2D eigenvalue weighted by Crippen LogP contribution is -2.29. The normalized spacial score (nSPS) is 10.2. The summed E-state index contributed by atoms with van der Waals surface area (Å²) >= 11 is 5.30. The Morgan fingerprint density at radius 2 is 2.04 bits per heavy atom. The van der Waals surface area contributed by atoms with Gasteiger partial charge in [-0.1, -0.05) is 25.1 Å². The second-order valence-electron chi connectivity index (χ2n) is 5.53. The molecule has 2 aromatic rings. The molecule has 0 radical (unpaired) electrons. The van der Waals surface area contributed by atoms with Crippen LogP contribution in [-0.4, -0.2) is 30.4 Å². The van der Waals surface area contributed by atoms with E-state index in [-0.39, 0.29) is 0 Å². The van der Waals surface area contributed by atoms with Gasteiger partial charge in [0.25, 0.3) is 0 Å². The highest BCUT2D eigenvalue weighted by atomic mass is 32.1. The number of nitrogens with one attached hydrogen (secondary N) is 2. The highest BCUT2D eigenvalue weighted by molar-refractivity contribution is 7.80. The van der Waals surface area contributed by atoms with Crippen molar-refractivity contribution in [1.82, 2.24) is 10.3 Å². The number of hydrogen-bond donors (Lipinski definition) is 2. The van der Waals surface area contributed by atoms with Crippen LogP contribution in [0.5, 0.6) is 11.6 Å². The molecule has 25 heavy (non-hydrogen) atoms. The number of benzene rings is 1. The number of rotatable bonds is 9. The molecule has 2 N–H and O–H groups in total. The number of anilines is 1. The standard InChI is InChI=1S/C19H25N3O2S/c1-3-13-24-17-9-5-4-7-15(17)8-6-12-20-19(25)22-16-10-11-18(23-2)21-14-16/h4-5,7,9-11,14H,3,6,8,12-13H2,1-2H3,(H2,20,22,25). The van der Waals surface area contributed by atoms with Crippen LogP contribution in [0.15, 0.2) is 42.6 Å². The minimum Gasteiger partial charge on any atom is -0.493 e. The monoisotopic (exact) mass is 359 g/mol. The zero-order chi connectivity index (χ0) is 17.9. The maximum Gasteiger partial charge on any atom is 0.213 e. The summed E-state index contributed by atoms with van der Waals surface area (Å²) in [4.78, 5) is 4.13. The summed E-state index contributed by atoms with van der Waals surface area (Å²) in [6, 6.07) is 11.9. The van der Waals surface area contributed by atoms with Gasteiger partial charge in [-0.3, -0.25) is 0 Å². The molecule has 1 aromatic heterocycles. The Labute approximate surface area is 154 Å². The molecule has 0 fully saturated rings. The molecular formula is C19H25N3O2S. The Bertz CT molecular complexity index is 662. The summed E-state index contributed by atoms with van der Waals surface area (Å²) in [5, 5.41) is 6.91. The Kier molecular flexibility index (Phi) is 7.98. The fourth-order valence-electron chi connectivity index (χ4n) is 2.29. The molecule has 1 aromatic carbocycles. The van der Waals surface area contributed by atoms with Gasteiger partial charge in [-0.15, -0.1) is 0 Å². The fraction of sp³-hybridized carbons (Fsp3) is 0.368. The third kappa shape index (κ3) is 6.58. The second kappa shape index (κ2) is 10.5. The van der Waals surface area contributed by atoms with Crippen molar-refractivity contribution in [2.75, 3.05) is 25.6 Å². The van der Waals surface area contributed by atoms with Crippen LogP contribution in [0.4, 0.5) is 5.69 Å². The number of pyridine rings is 1. The molecule has 0 bridgehead atoms. The molecule has 0 saturated carbocycles. The summed E-state index contributed by atoms with van der Waals surface area (Å²) in [7, 11) is 1.59. The first-order valence-corrected chi connectivity index (χ1v) is 8.89. The van der Waals surface area contributed by atoms with Gasteiger partial charge in [-0.25, -0.2) is 4.98 Å². The van der Waals surface area contributed by atoms with Crippen LogP contribution >= 0.6 is 12.2 Å². The average molecular weight is 359 g/mol. The molecule has 1 heterocycles. The van der Waals surface area contributed by atoms with Gasteiger partial charge >= 0.3 is 0 Å². The molecule has 0 unspecified atom stereocenters. The van der Waals surface area contributed by atoms with Gasteiger partial charge in [0.05, 0.1) is 25.6 Å². The second-order valence-corrected chi connectivity index (χ2v) is 5.94. The third-order valence-electron chi connectivity index (χ3n) is 3.55. The van der Waals surface area contributed by atoms with Crippen molar-refractivity contribution >= 4 is 23.0 Å². The molecule has 0 saturated heterocycles. The topological polar surface area (TPSA) is 55.4 Å². The van der Waals surface area contributed by atoms with Crippen molar-refractivity contribution in [1.29, 1.82) is 0 Å². The molecule has 0 aliphatic rings. The number of methoxy groups -OCH3 is 1. The van der Waals surface area contributed by atoms with E-state index in [1.54, 1.807) is 19.4 Å². The van der Waals surface area contributed by atoms with Crippen molar-refractivity contribution in [3.63, 3.8) is 0 Å².